The van der Waals surface area contributed by atoms with E-state index in [2.05, 4.69) is 10.3 Å². The minimum atomic E-state index is -0.627. The summed E-state index contributed by atoms with van der Waals surface area (Å²) in [7, 11) is 0. The van der Waals surface area contributed by atoms with Crippen molar-refractivity contribution in [1.29, 1.82) is 5.26 Å². The van der Waals surface area contributed by atoms with Crippen molar-refractivity contribution < 1.29 is 9.34 Å². The van der Waals surface area contributed by atoms with Gasteiger partial charge in [0.2, 0.25) is 5.69 Å². The Kier molecular flexibility index (Phi) is 3.73. The predicted molar refractivity (Wildman–Crippen MR) is 66.5 cm³/mol. The fraction of sp³-hybridized carbons (Fsp3) is 0.167. The van der Waals surface area contributed by atoms with E-state index < -0.39 is 4.92 Å². The zero-order chi connectivity index (χ0) is 13.7. The first-order valence-corrected chi connectivity index (χ1v) is 5.52. The molecule has 0 saturated carbocycles. The zero-order valence-corrected chi connectivity index (χ0v) is 9.87. The van der Waals surface area contributed by atoms with Crippen molar-refractivity contribution in [1.82, 2.24) is 4.98 Å². The third-order valence-corrected chi connectivity index (χ3v) is 2.43. The monoisotopic (exact) mass is 258 g/mol. The zero-order valence-electron chi connectivity index (χ0n) is 9.87. The number of hydrogen-bond acceptors (Lipinski definition) is 6. The highest BCUT2D eigenvalue weighted by molar-refractivity contribution is 5.50. The second kappa shape index (κ2) is 5.64. The number of rotatable bonds is 5. The number of furan rings is 1. The molecular weight excluding hydrogens is 248 g/mol. The summed E-state index contributed by atoms with van der Waals surface area (Å²) in [5.74, 6) is 1.25. The third-order valence-electron chi connectivity index (χ3n) is 2.43. The van der Waals surface area contributed by atoms with Crippen molar-refractivity contribution in [2.24, 2.45) is 0 Å². The van der Waals surface area contributed by atoms with E-state index in [-0.39, 0.29) is 11.4 Å². The second-order valence-corrected chi connectivity index (χ2v) is 3.69. The average molecular weight is 258 g/mol. The Labute approximate surface area is 108 Å². The fourth-order valence-corrected chi connectivity index (χ4v) is 1.55. The third kappa shape index (κ3) is 3.07. The van der Waals surface area contributed by atoms with Gasteiger partial charge in [0.1, 0.15) is 17.6 Å². The highest BCUT2D eigenvalue weighted by atomic mass is 16.6. The Balaban J connectivity index is 2.01. The van der Waals surface area contributed by atoms with Crippen LogP contribution in [-0.4, -0.2) is 16.5 Å². The number of nitriles is 1. The first kappa shape index (κ1) is 12.6. The van der Waals surface area contributed by atoms with E-state index in [0.29, 0.717) is 18.8 Å². The van der Waals surface area contributed by atoms with Crippen LogP contribution in [0.4, 0.5) is 11.5 Å². The van der Waals surface area contributed by atoms with E-state index in [0.717, 1.165) is 5.76 Å². The lowest BCUT2D eigenvalue weighted by molar-refractivity contribution is -0.385. The lowest BCUT2D eigenvalue weighted by atomic mass is 10.3. The molecule has 0 aliphatic rings. The second-order valence-electron chi connectivity index (χ2n) is 3.69. The molecule has 0 aromatic carbocycles. The molecule has 0 amide bonds. The summed E-state index contributed by atoms with van der Waals surface area (Å²) in [5.41, 5.74) is -0.493. The van der Waals surface area contributed by atoms with Gasteiger partial charge in [0.25, 0.3) is 0 Å². The van der Waals surface area contributed by atoms with Crippen molar-refractivity contribution in [3.05, 3.63) is 52.1 Å². The number of nitrogens with one attached hydrogen (secondary N) is 1. The minimum absolute atomic E-state index is 0.201. The topological polar surface area (TPSA) is 105 Å². The van der Waals surface area contributed by atoms with E-state index >= 15 is 0 Å². The van der Waals surface area contributed by atoms with Crippen molar-refractivity contribution in [3.63, 3.8) is 0 Å². The van der Waals surface area contributed by atoms with Crippen molar-refractivity contribution >= 4 is 11.5 Å². The smallest absolute Gasteiger partial charge is 0.305 e. The van der Waals surface area contributed by atoms with Gasteiger partial charge < -0.3 is 9.73 Å². The van der Waals surface area contributed by atoms with E-state index in [4.69, 9.17) is 9.68 Å². The summed E-state index contributed by atoms with van der Waals surface area (Å²) in [6.45, 7) is 0.559. The maximum Gasteiger partial charge on any atom is 0.305 e. The molecular formula is C12H10N4O3. The Morgan fingerprint density at radius 2 is 2.32 bits per heavy atom. The van der Waals surface area contributed by atoms with Gasteiger partial charge in [-0.3, -0.25) is 10.1 Å². The normalized spacial score (nSPS) is 9.84. The number of nitro groups is 1. The van der Waals surface area contributed by atoms with Gasteiger partial charge in [-0.05, 0) is 18.2 Å². The molecule has 0 bridgehead atoms. The van der Waals surface area contributed by atoms with Gasteiger partial charge in [-0.15, -0.1) is 0 Å². The SMILES string of the molecule is N#Cc1nc(NCCc2ccco2)ccc1[N+](=O)[O-]. The van der Waals surface area contributed by atoms with Crippen molar-refractivity contribution in [2.75, 3.05) is 11.9 Å². The standard InChI is InChI=1S/C12H10N4O3/c13-8-10-11(16(17)18)3-4-12(15-10)14-6-5-9-2-1-7-19-9/h1-4,7H,5-6H2,(H,14,15). The molecule has 0 aliphatic carbocycles. The first-order valence-electron chi connectivity index (χ1n) is 5.52. The van der Waals surface area contributed by atoms with Crippen LogP contribution in [0.2, 0.25) is 0 Å². The van der Waals surface area contributed by atoms with Gasteiger partial charge in [-0.1, -0.05) is 0 Å². The molecule has 2 aromatic heterocycles. The van der Waals surface area contributed by atoms with Crippen LogP contribution in [0.1, 0.15) is 11.5 Å². The van der Waals surface area contributed by atoms with Crippen LogP contribution >= 0.6 is 0 Å². The van der Waals surface area contributed by atoms with Crippen LogP contribution in [0, 0.1) is 21.4 Å². The van der Waals surface area contributed by atoms with Crippen LogP contribution in [-0.2, 0) is 6.42 Å². The Morgan fingerprint density at radius 1 is 1.47 bits per heavy atom. The molecule has 1 N–H and O–H groups in total. The summed E-state index contributed by atoms with van der Waals surface area (Å²) >= 11 is 0. The van der Waals surface area contributed by atoms with Crippen LogP contribution in [0.15, 0.2) is 34.9 Å². The molecule has 19 heavy (non-hydrogen) atoms. The maximum atomic E-state index is 10.6. The van der Waals surface area contributed by atoms with Crippen LogP contribution in [0.25, 0.3) is 0 Å². The van der Waals surface area contributed by atoms with Gasteiger partial charge in [0.15, 0.2) is 0 Å². The molecule has 96 valence electrons. The van der Waals surface area contributed by atoms with Crippen molar-refractivity contribution in [3.8, 4) is 6.07 Å². The summed E-state index contributed by atoms with van der Waals surface area (Å²) < 4.78 is 5.16. The Bertz CT molecular complexity index is 616. The fourth-order valence-electron chi connectivity index (χ4n) is 1.55. The molecule has 0 atom stereocenters. The molecule has 0 fully saturated rings. The van der Waals surface area contributed by atoms with Gasteiger partial charge in [-0.25, -0.2) is 4.98 Å². The van der Waals surface area contributed by atoms with E-state index in [9.17, 15) is 10.1 Å². The van der Waals surface area contributed by atoms with Gasteiger partial charge in [-0.2, -0.15) is 5.26 Å². The molecule has 7 nitrogen and oxygen atoms in total. The molecule has 2 heterocycles. The maximum absolute atomic E-state index is 10.6. The van der Waals surface area contributed by atoms with Crippen LogP contribution < -0.4 is 5.32 Å². The average Bonchev–Trinajstić information content (AvgIpc) is 2.91. The molecule has 0 aliphatic heterocycles. The molecule has 7 heteroatoms. The number of aromatic nitrogens is 1. The number of pyridine rings is 1. The number of nitrogens with zero attached hydrogens (tertiary/aromatic N) is 3. The highest BCUT2D eigenvalue weighted by Gasteiger charge is 2.15. The molecule has 2 rings (SSSR count). The number of anilines is 1. The van der Waals surface area contributed by atoms with E-state index in [1.807, 2.05) is 6.07 Å². The lowest BCUT2D eigenvalue weighted by Gasteiger charge is -2.04. The van der Waals surface area contributed by atoms with E-state index in [1.54, 1.807) is 18.4 Å². The number of hydrogen-bond donors (Lipinski definition) is 1. The molecule has 0 unspecified atom stereocenters. The van der Waals surface area contributed by atoms with Gasteiger partial charge in [0, 0.05) is 19.0 Å². The quantitative estimate of drug-likeness (QED) is 0.650. The molecule has 2 aromatic rings. The molecule has 0 spiro atoms. The summed E-state index contributed by atoms with van der Waals surface area (Å²) in [4.78, 5) is 13.9. The van der Waals surface area contributed by atoms with Crippen LogP contribution in [0.5, 0.6) is 0 Å². The summed E-state index contributed by atoms with van der Waals surface area (Å²) in [5, 5.41) is 22.4. The van der Waals surface area contributed by atoms with E-state index in [1.165, 1.54) is 12.1 Å². The highest BCUT2D eigenvalue weighted by Crippen LogP contribution is 2.18. The Morgan fingerprint density at radius 3 is 2.95 bits per heavy atom. The lowest BCUT2D eigenvalue weighted by Crippen LogP contribution is -2.07. The summed E-state index contributed by atoms with van der Waals surface area (Å²) in [6.07, 6.45) is 2.25. The van der Waals surface area contributed by atoms with Crippen LogP contribution in [0.3, 0.4) is 0 Å². The summed E-state index contributed by atoms with van der Waals surface area (Å²) in [6, 6.07) is 8.10. The van der Waals surface area contributed by atoms with Gasteiger partial charge >= 0.3 is 5.69 Å². The minimum Gasteiger partial charge on any atom is -0.469 e. The molecule has 0 saturated heterocycles. The predicted octanol–water partition coefficient (Wildman–Crippen LogP) is 2.11. The first-order chi connectivity index (χ1) is 9.20. The van der Waals surface area contributed by atoms with Crippen molar-refractivity contribution in [2.45, 2.75) is 6.42 Å². The van der Waals surface area contributed by atoms with Gasteiger partial charge in [0.05, 0.1) is 11.2 Å². The molecule has 0 radical (unpaired) electrons. The largest absolute Gasteiger partial charge is 0.469 e. The Hall–Kier alpha value is -2.88.